The predicted octanol–water partition coefficient (Wildman–Crippen LogP) is 2.82. The van der Waals surface area contributed by atoms with Crippen molar-refractivity contribution in [3.05, 3.63) is 35.9 Å². The van der Waals surface area contributed by atoms with Crippen LogP contribution in [0.2, 0.25) is 0 Å². The summed E-state index contributed by atoms with van der Waals surface area (Å²) in [5, 5.41) is 1.82. The minimum Gasteiger partial charge on any atom is -0.467 e. The average molecular weight is 305 g/mol. The number of rotatable bonds is 2. The molecule has 5 nitrogen and oxygen atoms in total. The molecule has 0 unspecified atom stereocenters. The third-order valence-electron chi connectivity index (χ3n) is 4.52. The van der Waals surface area contributed by atoms with Crippen LogP contribution < -0.4 is 0 Å². The van der Waals surface area contributed by atoms with Crippen LogP contribution in [-0.4, -0.2) is 35.5 Å². The summed E-state index contributed by atoms with van der Waals surface area (Å²) in [7, 11) is 1.38. The second kappa shape index (κ2) is 5.33. The van der Waals surface area contributed by atoms with Gasteiger partial charge in [0.1, 0.15) is 6.23 Å². The molecular weight excluding hydrogens is 282 g/mol. The van der Waals surface area contributed by atoms with Gasteiger partial charge >= 0.3 is 5.97 Å². The van der Waals surface area contributed by atoms with Crippen LogP contribution in [0.1, 0.15) is 45.3 Å². The van der Waals surface area contributed by atoms with Gasteiger partial charge < -0.3 is 9.47 Å². The van der Waals surface area contributed by atoms with Crippen LogP contribution in [0.3, 0.4) is 0 Å². The number of ether oxygens (including phenoxy) is 2. The van der Waals surface area contributed by atoms with Gasteiger partial charge in [-0.1, -0.05) is 30.3 Å². The summed E-state index contributed by atoms with van der Waals surface area (Å²) in [6.45, 7) is 5.98. The average Bonchev–Trinajstić information content (AvgIpc) is 2.86. The van der Waals surface area contributed by atoms with E-state index in [1.165, 1.54) is 7.11 Å². The second-order valence-electron chi connectivity index (χ2n) is 6.85. The second-order valence-corrected chi connectivity index (χ2v) is 6.85. The van der Waals surface area contributed by atoms with Gasteiger partial charge in [0.2, 0.25) is 0 Å². The fourth-order valence-electron chi connectivity index (χ4n) is 3.33. The van der Waals surface area contributed by atoms with Crippen LogP contribution in [0.25, 0.3) is 0 Å². The molecule has 1 aromatic rings. The van der Waals surface area contributed by atoms with Crippen LogP contribution in [-0.2, 0) is 19.1 Å². The maximum Gasteiger partial charge on any atom is 0.340 e. The molecule has 2 aliphatic heterocycles. The van der Waals surface area contributed by atoms with Crippen molar-refractivity contribution in [2.75, 3.05) is 7.11 Å². The van der Waals surface area contributed by atoms with E-state index in [0.717, 1.165) is 12.0 Å². The minimum absolute atomic E-state index is 0.000969. The first-order valence-electron chi connectivity index (χ1n) is 7.63. The fraction of sp³-hybridized carbons (Fsp3) is 0.588. The van der Waals surface area contributed by atoms with E-state index in [2.05, 4.69) is 26.0 Å². The molecule has 0 radical (unpaired) electrons. The molecule has 0 aromatic heterocycles. The quantitative estimate of drug-likeness (QED) is 0.786. The zero-order chi connectivity index (χ0) is 16.0. The molecule has 2 aliphatic rings. The van der Waals surface area contributed by atoms with Crippen molar-refractivity contribution in [3.8, 4) is 0 Å². The Morgan fingerprint density at radius 1 is 1.23 bits per heavy atom. The molecule has 5 heteroatoms. The smallest absolute Gasteiger partial charge is 0.340 e. The van der Waals surface area contributed by atoms with Gasteiger partial charge in [-0.2, -0.15) is 5.06 Å². The molecule has 0 bridgehead atoms. The Morgan fingerprint density at radius 2 is 1.91 bits per heavy atom. The molecular formula is C17H23NO4. The minimum atomic E-state index is -0.984. The molecule has 0 aliphatic carbocycles. The molecule has 0 spiro atoms. The third kappa shape index (κ3) is 2.53. The van der Waals surface area contributed by atoms with E-state index in [0.29, 0.717) is 6.42 Å². The number of fused-ring (bicyclic) bond motifs is 1. The summed E-state index contributed by atoms with van der Waals surface area (Å²) < 4.78 is 11.1. The Labute approximate surface area is 131 Å². The molecule has 3 atom stereocenters. The van der Waals surface area contributed by atoms with Crippen LogP contribution >= 0.6 is 0 Å². The van der Waals surface area contributed by atoms with Crippen molar-refractivity contribution in [1.29, 1.82) is 0 Å². The van der Waals surface area contributed by atoms with E-state index in [1.54, 1.807) is 6.92 Å². The topological polar surface area (TPSA) is 48.0 Å². The SMILES string of the molecule is COC(=O)[C@@]1(C)C[C@H]2O[C@H](c3ccccc3)CC(C)(C)N2O1. The monoisotopic (exact) mass is 305 g/mol. The van der Waals surface area contributed by atoms with Crippen LogP contribution in [0.15, 0.2) is 30.3 Å². The molecule has 2 saturated heterocycles. The highest BCUT2D eigenvalue weighted by atomic mass is 16.8. The number of hydrogen-bond donors (Lipinski definition) is 0. The van der Waals surface area contributed by atoms with E-state index < -0.39 is 5.60 Å². The number of hydrogen-bond acceptors (Lipinski definition) is 5. The van der Waals surface area contributed by atoms with Crippen molar-refractivity contribution in [2.24, 2.45) is 0 Å². The number of esters is 1. The molecule has 120 valence electrons. The first kappa shape index (κ1) is 15.5. The van der Waals surface area contributed by atoms with Crippen molar-refractivity contribution in [2.45, 2.75) is 57.1 Å². The lowest BCUT2D eigenvalue weighted by molar-refractivity contribution is -0.315. The van der Waals surface area contributed by atoms with Gasteiger partial charge in [-0.05, 0) is 32.8 Å². The highest BCUT2D eigenvalue weighted by molar-refractivity contribution is 5.79. The Hall–Kier alpha value is -1.43. The Kier molecular flexibility index (Phi) is 3.75. The summed E-state index contributed by atoms with van der Waals surface area (Å²) in [5.74, 6) is -0.363. The number of methoxy groups -OCH3 is 1. The van der Waals surface area contributed by atoms with Crippen LogP contribution in [0, 0.1) is 0 Å². The van der Waals surface area contributed by atoms with Crippen molar-refractivity contribution >= 4 is 5.97 Å². The van der Waals surface area contributed by atoms with E-state index in [-0.39, 0.29) is 23.8 Å². The van der Waals surface area contributed by atoms with Gasteiger partial charge in [-0.3, -0.25) is 4.84 Å². The summed E-state index contributed by atoms with van der Waals surface area (Å²) >= 11 is 0. The third-order valence-corrected chi connectivity index (χ3v) is 4.52. The summed E-state index contributed by atoms with van der Waals surface area (Å²) in [6, 6.07) is 10.2. The van der Waals surface area contributed by atoms with E-state index in [9.17, 15) is 4.79 Å². The fourth-order valence-corrected chi connectivity index (χ4v) is 3.33. The predicted molar refractivity (Wildman–Crippen MR) is 80.7 cm³/mol. The van der Waals surface area contributed by atoms with Gasteiger partial charge in [0, 0.05) is 12.0 Å². The first-order valence-corrected chi connectivity index (χ1v) is 7.63. The zero-order valence-electron chi connectivity index (χ0n) is 13.5. The van der Waals surface area contributed by atoms with Crippen molar-refractivity contribution < 1.29 is 19.1 Å². The Morgan fingerprint density at radius 3 is 2.55 bits per heavy atom. The molecule has 2 heterocycles. The lowest BCUT2D eigenvalue weighted by atomic mass is 9.90. The van der Waals surface area contributed by atoms with Crippen LogP contribution in [0.4, 0.5) is 0 Å². The normalized spacial score (nSPS) is 34.2. The lowest BCUT2D eigenvalue weighted by Gasteiger charge is -2.45. The van der Waals surface area contributed by atoms with Crippen molar-refractivity contribution in [1.82, 2.24) is 5.06 Å². The molecule has 0 amide bonds. The molecule has 0 N–H and O–H groups in total. The van der Waals surface area contributed by atoms with E-state index in [1.807, 2.05) is 23.3 Å². The van der Waals surface area contributed by atoms with E-state index >= 15 is 0 Å². The highest BCUT2D eigenvalue weighted by Crippen LogP contribution is 2.46. The number of hydroxylamine groups is 2. The molecule has 1 aromatic carbocycles. The number of nitrogens with zero attached hydrogens (tertiary/aromatic N) is 1. The highest BCUT2D eigenvalue weighted by Gasteiger charge is 2.56. The van der Waals surface area contributed by atoms with Gasteiger partial charge in [-0.15, -0.1) is 0 Å². The van der Waals surface area contributed by atoms with E-state index in [4.69, 9.17) is 14.3 Å². The maximum atomic E-state index is 12.0. The summed E-state index contributed by atoms with van der Waals surface area (Å²) in [6.07, 6.45) is 1.01. The standard InChI is InChI=1S/C17H23NO4/c1-16(2)10-13(12-8-6-5-7-9-12)21-14-11-17(3,15(19)20-4)22-18(14)16/h5-9,13-14H,10-11H2,1-4H3/t13-,14+,17+/m0/s1. The van der Waals surface area contributed by atoms with Gasteiger partial charge in [0.25, 0.3) is 0 Å². The van der Waals surface area contributed by atoms with Gasteiger partial charge in [0.15, 0.2) is 5.60 Å². The summed E-state index contributed by atoms with van der Waals surface area (Å²) in [5.41, 5.74) is -0.0563. The van der Waals surface area contributed by atoms with Crippen LogP contribution in [0.5, 0.6) is 0 Å². The lowest BCUT2D eigenvalue weighted by Crippen LogP contribution is -2.53. The molecule has 0 saturated carbocycles. The van der Waals surface area contributed by atoms with Gasteiger partial charge in [-0.25, -0.2) is 4.79 Å². The summed E-state index contributed by atoms with van der Waals surface area (Å²) in [4.78, 5) is 18.0. The first-order chi connectivity index (χ1) is 10.4. The Bertz CT molecular complexity index is 559. The molecule has 22 heavy (non-hydrogen) atoms. The molecule has 3 rings (SSSR count). The number of carbonyl (C=O) groups is 1. The molecule has 2 fully saturated rings. The largest absolute Gasteiger partial charge is 0.467 e. The maximum absolute atomic E-state index is 12.0. The Balaban J connectivity index is 1.85. The van der Waals surface area contributed by atoms with Gasteiger partial charge in [0.05, 0.1) is 13.2 Å². The zero-order valence-corrected chi connectivity index (χ0v) is 13.5. The number of benzene rings is 1. The number of carbonyl (C=O) groups excluding carboxylic acids is 1. The van der Waals surface area contributed by atoms with Crippen molar-refractivity contribution in [3.63, 3.8) is 0 Å².